The van der Waals surface area contributed by atoms with Crippen LogP contribution in [-0.2, 0) is 4.74 Å². The SMILES string of the molecule is CCC1NC(CO)C23OC2C13. The van der Waals surface area contributed by atoms with Crippen LogP contribution in [0.3, 0.4) is 0 Å². The number of epoxide rings is 1. The first-order chi connectivity index (χ1) is 5.34. The average molecular weight is 155 g/mol. The van der Waals surface area contributed by atoms with E-state index in [0.717, 1.165) is 12.3 Å². The van der Waals surface area contributed by atoms with Gasteiger partial charge >= 0.3 is 0 Å². The predicted molar refractivity (Wildman–Crippen MR) is 39.2 cm³/mol. The summed E-state index contributed by atoms with van der Waals surface area (Å²) >= 11 is 0. The quantitative estimate of drug-likeness (QED) is 0.528. The third-order valence-corrected chi connectivity index (χ3v) is 3.47. The van der Waals surface area contributed by atoms with Crippen molar-refractivity contribution in [2.24, 2.45) is 5.92 Å². The molecule has 62 valence electrons. The first-order valence-electron chi connectivity index (χ1n) is 4.39. The van der Waals surface area contributed by atoms with Crippen molar-refractivity contribution in [2.75, 3.05) is 6.61 Å². The van der Waals surface area contributed by atoms with Gasteiger partial charge in [-0.25, -0.2) is 0 Å². The molecule has 2 aliphatic heterocycles. The van der Waals surface area contributed by atoms with Crippen molar-refractivity contribution >= 4 is 0 Å². The van der Waals surface area contributed by atoms with Crippen LogP contribution in [0.15, 0.2) is 0 Å². The normalized spacial score (nSPS) is 63.8. The molecule has 3 fully saturated rings. The van der Waals surface area contributed by atoms with E-state index in [1.54, 1.807) is 0 Å². The highest BCUT2D eigenvalue weighted by atomic mass is 16.7. The zero-order valence-electron chi connectivity index (χ0n) is 6.58. The molecule has 3 rings (SSSR count). The lowest BCUT2D eigenvalue weighted by molar-refractivity contribution is 0.140. The molecular formula is C8H13NO2. The molecule has 0 aromatic carbocycles. The van der Waals surface area contributed by atoms with Crippen LogP contribution in [0.5, 0.6) is 0 Å². The van der Waals surface area contributed by atoms with Crippen LogP contribution in [0.4, 0.5) is 0 Å². The van der Waals surface area contributed by atoms with Crippen molar-refractivity contribution in [3.05, 3.63) is 0 Å². The monoisotopic (exact) mass is 155 g/mol. The van der Waals surface area contributed by atoms with Gasteiger partial charge in [0.2, 0.25) is 0 Å². The molecule has 0 aromatic rings. The molecule has 3 heteroatoms. The Balaban J connectivity index is 1.82. The Morgan fingerprint density at radius 3 is 2.82 bits per heavy atom. The van der Waals surface area contributed by atoms with Gasteiger partial charge in [0.1, 0.15) is 5.60 Å². The Bertz CT molecular complexity index is 208. The van der Waals surface area contributed by atoms with Gasteiger partial charge in [0.05, 0.1) is 18.8 Å². The lowest BCUT2D eigenvalue weighted by atomic mass is 10.1. The summed E-state index contributed by atoms with van der Waals surface area (Å²) in [5, 5.41) is 12.4. The van der Waals surface area contributed by atoms with Gasteiger partial charge in [-0.05, 0) is 6.42 Å². The number of aliphatic hydroxyl groups excluding tert-OH is 1. The average Bonchev–Trinajstić information content (AvgIpc) is 2.82. The second-order valence-corrected chi connectivity index (χ2v) is 3.83. The van der Waals surface area contributed by atoms with Crippen LogP contribution in [0.25, 0.3) is 0 Å². The second kappa shape index (κ2) is 1.63. The van der Waals surface area contributed by atoms with Gasteiger partial charge < -0.3 is 15.2 Å². The maximum absolute atomic E-state index is 9.03. The summed E-state index contributed by atoms with van der Waals surface area (Å²) in [6.07, 6.45) is 1.66. The van der Waals surface area contributed by atoms with E-state index in [4.69, 9.17) is 9.84 Å². The molecule has 1 aliphatic carbocycles. The zero-order chi connectivity index (χ0) is 7.64. The molecule has 5 unspecified atom stereocenters. The van der Waals surface area contributed by atoms with E-state index in [0.29, 0.717) is 12.1 Å². The fourth-order valence-corrected chi connectivity index (χ4v) is 2.74. The Kier molecular flexibility index (Phi) is 0.947. The predicted octanol–water partition coefficient (Wildman–Crippen LogP) is -0.504. The van der Waals surface area contributed by atoms with E-state index >= 15 is 0 Å². The highest BCUT2D eigenvalue weighted by molar-refractivity contribution is 5.39. The van der Waals surface area contributed by atoms with Gasteiger partial charge in [-0.3, -0.25) is 0 Å². The summed E-state index contributed by atoms with van der Waals surface area (Å²) in [5.41, 5.74) is 0.107. The number of aliphatic hydroxyl groups is 1. The summed E-state index contributed by atoms with van der Waals surface area (Å²) in [6.45, 7) is 2.41. The number of piperidine rings is 1. The number of rotatable bonds is 2. The van der Waals surface area contributed by atoms with Crippen LogP contribution in [0, 0.1) is 5.92 Å². The van der Waals surface area contributed by atoms with E-state index in [1.165, 1.54) is 0 Å². The number of hydrogen-bond acceptors (Lipinski definition) is 3. The maximum Gasteiger partial charge on any atom is 0.120 e. The highest BCUT2D eigenvalue weighted by Crippen LogP contribution is 2.71. The van der Waals surface area contributed by atoms with Crippen LogP contribution in [0.2, 0.25) is 0 Å². The van der Waals surface area contributed by atoms with E-state index in [1.807, 2.05) is 0 Å². The summed E-state index contributed by atoms with van der Waals surface area (Å²) in [6, 6.07) is 0.827. The van der Waals surface area contributed by atoms with Crippen LogP contribution in [-0.4, -0.2) is 35.5 Å². The van der Waals surface area contributed by atoms with E-state index < -0.39 is 0 Å². The Morgan fingerprint density at radius 1 is 1.64 bits per heavy atom. The summed E-state index contributed by atoms with van der Waals surface area (Å²) in [4.78, 5) is 0. The largest absolute Gasteiger partial charge is 0.395 e. The van der Waals surface area contributed by atoms with Crippen LogP contribution in [0.1, 0.15) is 13.3 Å². The van der Waals surface area contributed by atoms with Crippen molar-refractivity contribution in [3.63, 3.8) is 0 Å². The Labute approximate surface area is 65.7 Å². The van der Waals surface area contributed by atoms with Gasteiger partial charge in [-0.2, -0.15) is 0 Å². The van der Waals surface area contributed by atoms with Crippen molar-refractivity contribution in [1.29, 1.82) is 0 Å². The standard InChI is InChI=1S/C8H13NO2/c1-2-4-6-7-8(6,11-7)5(3-10)9-4/h4-7,9-10H,2-3H2,1H3. The fourth-order valence-electron chi connectivity index (χ4n) is 2.74. The molecule has 0 bridgehead atoms. The molecule has 5 atom stereocenters. The molecule has 2 saturated heterocycles. The molecule has 0 amide bonds. The van der Waals surface area contributed by atoms with E-state index in [9.17, 15) is 0 Å². The van der Waals surface area contributed by atoms with Crippen molar-refractivity contribution in [3.8, 4) is 0 Å². The topological polar surface area (TPSA) is 44.8 Å². The van der Waals surface area contributed by atoms with Crippen LogP contribution < -0.4 is 5.32 Å². The lowest BCUT2D eigenvalue weighted by Crippen LogP contribution is -2.38. The molecule has 11 heavy (non-hydrogen) atoms. The number of ether oxygens (including phenoxy) is 1. The molecular weight excluding hydrogens is 142 g/mol. The fraction of sp³-hybridized carbons (Fsp3) is 1.00. The first kappa shape index (κ1) is 6.40. The number of hydrogen-bond donors (Lipinski definition) is 2. The molecule has 0 radical (unpaired) electrons. The van der Waals surface area contributed by atoms with Gasteiger partial charge in [0, 0.05) is 12.0 Å². The minimum absolute atomic E-state index is 0.107. The molecule has 1 spiro atoms. The second-order valence-electron chi connectivity index (χ2n) is 3.83. The van der Waals surface area contributed by atoms with Crippen molar-refractivity contribution < 1.29 is 9.84 Å². The summed E-state index contributed by atoms with van der Waals surface area (Å²) in [7, 11) is 0. The van der Waals surface area contributed by atoms with E-state index in [-0.39, 0.29) is 18.2 Å². The molecule has 1 saturated carbocycles. The third kappa shape index (κ3) is 0.504. The van der Waals surface area contributed by atoms with Crippen molar-refractivity contribution in [1.82, 2.24) is 5.32 Å². The summed E-state index contributed by atoms with van der Waals surface area (Å²) in [5.74, 6) is 0.727. The zero-order valence-corrected chi connectivity index (χ0v) is 6.58. The van der Waals surface area contributed by atoms with Gasteiger partial charge in [-0.1, -0.05) is 6.92 Å². The lowest BCUT2D eigenvalue weighted by Gasteiger charge is -2.12. The summed E-state index contributed by atoms with van der Waals surface area (Å²) < 4.78 is 5.43. The molecule has 2 N–H and O–H groups in total. The molecule has 0 aromatic heterocycles. The highest BCUT2D eigenvalue weighted by Gasteiger charge is 2.89. The maximum atomic E-state index is 9.03. The number of nitrogens with one attached hydrogen (secondary N) is 1. The number of fused-ring (bicyclic) bond motifs is 1. The third-order valence-electron chi connectivity index (χ3n) is 3.47. The smallest absolute Gasteiger partial charge is 0.120 e. The first-order valence-corrected chi connectivity index (χ1v) is 4.39. The Morgan fingerprint density at radius 2 is 2.45 bits per heavy atom. The molecule has 3 aliphatic rings. The van der Waals surface area contributed by atoms with E-state index in [2.05, 4.69) is 12.2 Å². The molecule has 3 nitrogen and oxygen atoms in total. The van der Waals surface area contributed by atoms with Crippen LogP contribution >= 0.6 is 0 Å². The van der Waals surface area contributed by atoms with Gasteiger partial charge in [-0.15, -0.1) is 0 Å². The van der Waals surface area contributed by atoms with Crippen molar-refractivity contribution in [2.45, 2.75) is 37.1 Å². The Hall–Kier alpha value is -0.120. The minimum atomic E-state index is 0.107. The molecule has 2 heterocycles. The minimum Gasteiger partial charge on any atom is -0.395 e. The van der Waals surface area contributed by atoms with Gasteiger partial charge in [0.15, 0.2) is 0 Å². The van der Waals surface area contributed by atoms with Gasteiger partial charge in [0.25, 0.3) is 0 Å².